The van der Waals surface area contributed by atoms with E-state index in [-0.39, 0.29) is 11.8 Å². The molecule has 0 fully saturated rings. The molecular formula is C16H16BrF2NO. The minimum absolute atomic E-state index is 0.249. The lowest BCUT2D eigenvalue weighted by Crippen LogP contribution is -2.31. The van der Waals surface area contributed by atoms with Crippen molar-refractivity contribution < 1.29 is 13.5 Å². The first-order valence-corrected chi connectivity index (χ1v) is 7.44. The molecule has 5 heteroatoms. The smallest absolute Gasteiger partial charge is 0.162 e. The van der Waals surface area contributed by atoms with Crippen molar-refractivity contribution in [3.63, 3.8) is 0 Å². The highest BCUT2D eigenvalue weighted by Crippen LogP contribution is 2.31. The Hall–Kier alpha value is -1.46. The Balaban J connectivity index is 2.33. The van der Waals surface area contributed by atoms with E-state index in [1.54, 1.807) is 0 Å². The number of rotatable bonds is 5. The normalized spacial score (nSPS) is 13.8. The van der Waals surface area contributed by atoms with Gasteiger partial charge in [-0.1, -0.05) is 41.1 Å². The molecule has 2 unspecified atom stereocenters. The average Bonchev–Trinajstić information content (AvgIpc) is 2.48. The van der Waals surface area contributed by atoms with Gasteiger partial charge >= 0.3 is 0 Å². The summed E-state index contributed by atoms with van der Waals surface area (Å²) in [6.07, 6.45) is 0.241. The molecule has 0 aliphatic carbocycles. The van der Waals surface area contributed by atoms with Gasteiger partial charge in [0.1, 0.15) is 11.9 Å². The zero-order valence-corrected chi connectivity index (χ0v) is 13.1. The van der Waals surface area contributed by atoms with E-state index in [0.717, 1.165) is 22.2 Å². The largest absolute Gasteiger partial charge is 0.484 e. The molecule has 2 nitrogen and oxygen atoms in total. The van der Waals surface area contributed by atoms with Gasteiger partial charge in [0.15, 0.2) is 11.6 Å². The summed E-state index contributed by atoms with van der Waals surface area (Å²) in [7, 11) is 0. The van der Waals surface area contributed by atoms with Gasteiger partial charge in [0, 0.05) is 22.1 Å². The standard InChI is InChI=1S/C16H16BrF2NO/c1-2-15(20)16(11-5-3-4-6-12(11)17)21-10-7-8-13(18)14(19)9-10/h3-9,15-16H,2,20H2,1H3. The lowest BCUT2D eigenvalue weighted by molar-refractivity contribution is 0.169. The van der Waals surface area contributed by atoms with E-state index in [9.17, 15) is 8.78 Å². The lowest BCUT2D eigenvalue weighted by atomic mass is 10.0. The molecule has 0 saturated carbocycles. The monoisotopic (exact) mass is 355 g/mol. The average molecular weight is 356 g/mol. The zero-order chi connectivity index (χ0) is 15.4. The van der Waals surface area contributed by atoms with Crippen LogP contribution in [0.4, 0.5) is 8.78 Å². The Morgan fingerprint density at radius 3 is 2.48 bits per heavy atom. The van der Waals surface area contributed by atoms with Gasteiger partial charge in [-0.05, 0) is 24.6 Å². The van der Waals surface area contributed by atoms with E-state index < -0.39 is 17.7 Å². The van der Waals surface area contributed by atoms with Crippen LogP contribution in [0.5, 0.6) is 5.75 Å². The molecule has 0 spiro atoms. The van der Waals surface area contributed by atoms with Crippen molar-refractivity contribution in [3.05, 3.63) is 64.1 Å². The topological polar surface area (TPSA) is 35.2 Å². The van der Waals surface area contributed by atoms with Crippen LogP contribution in [0.1, 0.15) is 25.0 Å². The summed E-state index contributed by atoms with van der Waals surface area (Å²) in [6, 6.07) is 10.7. The second kappa shape index (κ2) is 7.00. The van der Waals surface area contributed by atoms with Crippen LogP contribution in [0.25, 0.3) is 0 Å². The molecular weight excluding hydrogens is 340 g/mol. The fourth-order valence-corrected chi connectivity index (χ4v) is 2.51. The molecule has 0 aromatic heterocycles. The molecule has 0 aliphatic rings. The van der Waals surface area contributed by atoms with Crippen molar-refractivity contribution in [2.75, 3.05) is 0 Å². The molecule has 0 heterocycles. The molecule has 2 aromatic rings. The van der Waals surface area contributed by atoms with E-state index in [2.05, 4.69) is 15.9 Å². The zero-order valence-electron chi connectivity index (χ0n) is 11.5. The summed E-state index contributed by atoms with van der Waals surface area (Å²) >= 11 is 3.46. The van der Waals surface area contributed by atoms with E-state index in [4.69, 9.17) is 10.5 Å². The van der Waals surface area contributed by atoms with Crippen LogP contribution >= 0.6 is 15.9 Å². The highest BCUT2D eigenvalue weighted by molar-refractivity contribution is 9.10. The van der Waals surface area contributed by atoms with E-state index >= 15 is 0 Å². The van der Waals surface area contributed by atoms with Crippen LogP contribution in [0.2, 0.25) is 0 Å². The summed E-state index contributed by atoms with van der Waals surface area (Å²) < 4.78 is 33.0. The number of ether oxygens (including phenoxy) is 1. The Morgan fingerprint density at radius 2 is 1.86 bits per heavy atom. The Morgan fingerprint density at radius 1 is 1.14 bits per heavy atom. The summed E-state index contributed by atoms with van der Waals surface area (Å²) in [6.45, 7) is 1.95. The van der Waals surface area contributed by atoms with Crippen LogP contribution in [0.3, 0.4) is 0 Å². The molecule has 2 atom stereocenters. The molecule has 0 saturated heterocycles. The minimum Gasteiger partial charge on any atom is -0.484 e. The first-order valence-electron chi connectivity index (χ1n) is 6.64. The van der Waals surface area contributed by atoms with Crippen molar-refractivity contribution in [1.29, 1.82) is 0 Å². The molecule has 2 N–H and O–H groups in total. The molecule has 21 heavy (non-hydrogen) atoms. The van der Waals surface area contributed by atoms with Gasteiger partial charge in [-0.15, -0.1) is 0 Å². The van der Waals surface area contributed by atoms with Gasteiger partial charge in [-0.25, -0.2) is 8.78 Å². The third-order valence-corrected chi connectivity index (χ3v) is 3.95. The van der Waals surface area contributed by atoms with Crippen molar-refractivity contribution in [2.24, 2.45) is 5.73 Å². The fourth-order valence-electron chi connectivity index (χ4n) is 2.00. The Labute approximate surface area is 131 Å². The van der Waals surface area contributed by atoms with Gasteiger partial charge in [0.2, 0.25) is 0 Å². The number of hydrogen-bond donors (Lipinski definition) is 1. The number of benzene rings is 2. The highest BCUT2D eigenvalue weighted by atomic mass is 79.9. The van der Waals surface area contributed by atoms with Gasteiger partial charge in [0.25, 0.3) is 0 Å². The van der Waals surface area contributed by atoms with Crippen LogP contribution in [0, 0.1) is 11.6 Å². The van der Waals surface area contributed by atoms with Gasteiger partial charge in [-0.3, -0.25) is 0 Å². The third kappa shape index (κ3) is 3.80. The second-order valence-electron chi connectivity index (χ2n) is 4.71. The molecule has 0 bridgehead atoms. The molecule has 0 amide bonds. The summed E-state index contributed by atoms with van der Waals surface area (Å²) in [5, 5.41) is 0. The van der Waals surface area contributed by atoms with Crippen molar-refractivity contribution in [2.45, 2.75) is 25.5 Å². The van der Waals surface area contributed by atoms with Crippen LogP contribution in [-0.4, -0.2) is 6.04 Å². The first kappa shape index (κ1) is 15.9. The van der Waals surface area contributed by atoms with E-state index in [1.165, 1.54) is 6.07 Å². The maximum absolute atomic E-state index is 13.3. The third-order valence-electron chi connectivity index (χ3n) is 3.23. The predicted molar refractivity (Wildman–Crippen MR) is 82.1 cm³/mol. The van der Waals surface area contributed by atoms with Crippen molar-refractivity contribution >= 4 is 15.9 Å². The summed E-state index contributed by atoms with van der Waals surface area (Å²) in [5.41, 5.74) is 6.99. The maximum Gasteiger partial charge on any atom is 0.162 e. The predicted octanol–water partition coefficient (Wildman–Crippen LogP) is 4.58. The van der Waals surface area contributed by atoms with Crippen LogP contribution in [-0.2, 0) is 0 Å². The highest BCUT2D eigenvalue weighted by Gasteiger charge is 2.23. The van der Waals surface area contributed by atoms with Gasteiger partial charge in [-0.2, -0.15) is 0 Å². The molecule has 2 rings (SSSR count). The Bertz CT molecular complexity index is 621. The van der Waals surface area contributed by atoms with Gasteiger partial charge < -0.3 is 10.5 Å². The fraction of sp³-hybridized carbons (Fsp3) is 0.250. The molecule has 2 aromatic carbocycles. The van der Waals surface area contributed by atoms with Gasteiger partial charge in [0.05, 0.1) is 0 Å². The molecule has 0 radical (unpaired) electrons. The maximum atomic E-state index is 13.3. The van der Waals surface area contributed by atoms with Crippen molar-refractivity contribution in [3.8, 4) is 5.75 Å². The number of halogens is 3. The number of nitrogens with two attached hydrogens (primary N) is 1. The SMILES string of the molecule is CCC(N)C(Oc1ccc(F)c(F)c1)c1ccccc1Br. The van der Waals surface area contributed by atoms with Crippen molar-refractivity contribution in [1.82, 2.24) is 0 Å². The second-order valence-corrected chi connectivity index (χ2v) is 5.56. The van der Waals surface area contributed by atoms with Crippen LogP contribution in [0.15, 0.2) is 46.9 Å². The summed E-state index contributed by atoms with van der Waals surface area (Å²) in [5.74, 6) is -1.60. The van der Waals surface area contributed by atoms with Crippen LogP contribution < -0.4 is 10.5 Å². The van der Waals surface area contributed by atoms with E-state index in [0.29, 0.717) is 6.42 Å². The first-order chi connectivity index (χ1) is 10.0. The lowest BCUT2D eigenvalue weighted by Gasteiger charge is -2.25. The molecule has 112 valence electrons. The molecule has 0 aliphatic heterocycles. The minimum atomic E-state index is -0.941. The Kier molecular flexibility index (Phi) is 5.31. The number of hydrogen-bond acceptors (Lipinski definition) is 2. The quantitative estimate of drug-likeness (QED) is 0.851. The summed E-state index contributed by atoms with van der Waals surface area (Å²) in [4.78, 5) is 0. The van der Waals surface area contributed by atoms with E-state index in [1.807, 2.05) is 31.2 Å².